The first-order valence-corrected chi connectivity index (χ1v) is 10.1. The number of carbonyl (C=O) groups excluding carboxylic acids is 2. The number of quaternary nitrogens is 1. The van der Waals surface area contributed by atoms with Crippen molar-refractivity contribution in [3.05, 3.63) is 59.0 Å². The van der Waals surface area contributed by atoms with E-state index in [-0.39, 0.29) is 17.6 Å². The van der Waals surface area contributed by atoms with Crippen LogP contribution in [-0.2, 0) is 4.79 Å². The van der Waals surface area contributed by atoms with Crippen molar-refractivity contribution in [1.82, 2.24) is 10.1 Å². The average Bonchev–Trinajstić information content (AvgIpc) is 3.37. The fraction of sp³-hybridized carbons (Fsp3) is 0.286. The Labute approximate surface area is 178 Å². The van der Waals surface area contributed by atoms with E-state index < -0.39 is 0 Å². The Hall–Kier alpha value is -3.10. The quantitative estimate of drug-likeness (QED) is 0.646. The molecule has 0 atom stereocenters. The molecule has 0 unspecified atom stereocenters. The van der Waals surface area contributed by atoms with Gasteiger partial charge in [0.25, 0.3) is 11.8 Å². The van der Waals surface area contributed by atoms with Crippen molar-refractivity contribution in [1.29, 1.82) is 0 Å². The molecule has 8 nitrogen and oxygen atoms in total. The van der Waals surface area contributed by atoms with Crippen molar-refractivity contribution in [3.63, 3.8) is 0 Å². The Morgan fingerprint density at radius 1 is 1.20 bits per heavy atom. The van der Waals surface area contributed by atoms with Crippen LogP contribution in [0.4, 0.5) is 5.82 Å². The summed E-state index contributed by atoms with van der Waals surface area (Å²) in [7, 11) is 0. The number of anilines is 1. The van der Waals surface area contributed by atoms with Gasteiger partial charge in [-0.2, -0.15) is 0 Å². The van der Waals surface area contributed by atoms with Gasteiger partial charge in [-0.3, -0.25) is 9.59 Å². The van der Waals surface area contributed by atoms with E-state index in [2.05, 4.69) is 10.5 Å². The molecular weight excluding hydrogens is 408 g/mol. The molecule has 1 aromatic carbocycles. The summed E-state index contributed by atoms with van der Waals surface area (Å²) < 4.78 is 10.7. The number of aromatic nitrogens is 1. The van der Waals surface area contributed by atoms with Crippen molar-refractivity contribution < 1.29 is 23.4 Å². The SMILES string of the molecule is Cc1cc(NC(=O)C[NH+]2CCN(C(=O)c3ccc(-c4ccccc4Cl)o3)CC2)no1. The summed E-state index contributed by atoms with van der Waals surface area (Å²) in [6.07, 6.45) is 0. The number of halogens is 1. The molecule has 1 fully saturated rings. The first kappa shape index (κ1) is 20.2. The van der Waals surface area contributed by atoms with Gasteiger partial charge in [-0.1, -0.05) is 28.9 Å². The molecule has 1 aliphatic heterocycles. The second-order valence-corrected chi connectivity index (χ2v) is 7.64. The maximum absolute atomic E-state index is 12.8. The van der Waals surface area contributed by atoms with Gasteiger partial charge in [-0.25, -0.2) is 0 Å². The molecule has 0 radical (unpaired) electrons. The maximum Gasteiger partial charge on any atom is 0.289 e. The van der Waals surface area contributed by atoms with Gasteiger partial charge in [0.1, 0.15) is 11.5 Å². The summed E-state index contributed by atoms with van der Waals surface area (Å²) in [5, 5.41) is 7.05. The summed E-state index contributed by atoms with van der Waals surface area (Å²) in [5.41, 5.74) is 0.751. The van der Waals surface area contributed by atoms with Crippen LogP contribution in [0.1, 0.15) is 16.3 Å². The first-order chi connectivity index (χ1) is 14.5. The molecule has 2 amide bonds. The lowest BCUT2D eigenvalue weighted by atomic mass is 10.2. The molecule has 30 heavy (non-hydrogen) atoms. The van der Waals surface area contributed by atoms with Gasteiger partial charge in [0.05, 0.1) is 31.2 Å². The normalized spacial score (nSPS) is 14.7. The zero-order valence-corrected chi connectivity index (χ0v) is 17.2. The zero-order valence-electron chi connectivity index (χ0n) is 16.5. The third kappa shape index (κ3) is 4.55. The minimum atomic E-state index is -0.158. The number of benzene rings is 1. The van der Waals surface area contributed by atoms with Crippen LogP contribution in [0.2, 0.25) is 5.02 Å². The van der Waals surface area contributed by atoms with Crippen LogP contribution in [0.15, 0.2) is 51.4 Å². The molecule has 2 N–H and O–H groups in total. The summed E-state index contributed by atoms with van der Waals surface area (Å²) >= 11 is 6.21. The monoisotopic (exact) mass is 429 g/mol. The third-order valence-corrected chi connectivity index (χ3v) is 5.35. The number of nitrogens with one attached hydrogen (secondary N) is 2. The summed E-state index contributed by atoms with van der Waals surface area (Å²) in [5.74, 6) is 1.61. The average molecular weight is 430 g/mol. The molecule has 1 aliphatic rings. The summed E-state index contributed by atoms with van der Waals surface area (Å²) in [4.78, 5) is 27.8. The van der Waals surface area contributed by atoms with Crippen LogP contribution >= 0.6 is 11.6 Å². The predicted molar refractivity (Wildman–Crippen MR) is 110 cm³/mol. The highest BCUT2D eigenvalue weighted by Gasteiger charge is 2.28. The lowest BCUT2D eigenvalue weighted by Crippen LogP contribution is -3.15. The van der Waals surface area contributed by atoms with Crippen molar-refractivity contribution >= 4 is 29.2 Å². The molecular formula is C21H22ClN4O4+. The molecule has 0 spiro atoms. The lowest BCUT2D eigenvalue weighted by molar-refractivity contribution is -0.895. The first-order valence-electron chi connectivity index (χ1n) is 9.70. The van der Waals surface area contributed by atoms with Crippen LogP contribution in [0, 0.1) is 6.92 Å². The van der Waals surface area contributed by atoms with E-state index >= 15 is 0 Å². The fourth-order valence-electron chi connectivity index (χ4n) is 3.46. The van der Waals surface area contributed by atoms with Crippen molar-refractivity contribution in [2.75, 3.05) is 38.0 Å². The Balaban J connectivity index is 1.30. The smallest absolute Gasteiger partial charge is 0.289 e. The van der Waals surface area contributed by atoms with Gasteiger partial charge in [0, 0.05) is 11.6 Å². The number of hydrogen-bond donors (Lipinski definition) is 2. The second-order valence-electron chi connectivity index (χ2n) is 7.23. The predicted octanol–water partition coefficient (Wildman–Crippen LogP) is 1.88. The van der Waals surface area contributed by atoms with Crippen LogP contribution in [0.5, 0.6) is 0 Å². The van der Waals surface area contributed by atoms with E-state index in [1.165, 1.54) is 0 Å². The van der Waals surface area contributed by atoms with E-state index in [4.69, 9.17) is 20.5 Å². The number of hydrogen-bond acceptors (Lipinski definition) is 5. The van der Waals surface area contributed by atoms with Crippen LogP contribution in [-0.4, -0.2) is 54.6 Å². The molecule has 4 rings (SSSR count). The fourth-order valence-corrected chi connectivity index (χ4v) is 3.69. The molecule has 9 heteroatoms. The van der Waals surface area contributed by atoms with E-state index in [9.17, 15) is 9.59 Å². The van der Waals surface area contributed by atoms with Crippen molar-refractivity contribution in [3.8, 4) is 11.3 Å². The number of aryl methyl sites for hydroxylation is 1. The van der Waals surface area contributed by atoms with E-state index in [0.29, 0.717) is 55.1 Å². The number of furan rings is 1. The Kier molecular flexibility index (Phi) is 5.87. The van der Waals surface area contributed by atoms with Gasteiger partial charge in [0.2, 0.25) is 0 Å². The molecule has 0 bridgehead atoms. The molecule has 1 saturated heterocycles. The van der Waals surface area contributed by atoms with Crippen LogP contribution in [0.3, 0.4) is 0 Å². The molecule has 3 aromatic rings. The lowest BCUT2D eigenvalue weighted by Gasteiger charge is -2.31. The maximum atomic E-state index is 12.8. The molecule has 0 saturated carbocycles. The highest BCUT2D eigenvalue weighted by Crippen LogP contribution is 2.29. The van der Waals surface area contributed by atoms with Gasteiger partial charge in [0.15, 0.2) is 18.1 Å². The molecule has 3 heterocycles. The minimum absolute atomic E-state index is 0.131. The number of piperazine rings is 1. The third-order valence-electron chi connectivity index (χ3n) is 5.02. The van der Waals surface area contributed by atoms with E-state index in [0.717, 1.165) is 10.5 Å². The van der Waals surface area contributed by atoms with E-state index in [1.807, 2.05) is 18.2 Å². The summed E-state index contributed by atoms with van der Waals surface area (Å²) in [6, 6.07) is 12.4. The van der Waals surface area contributed by atoms with E-state index in [1.54, 1.807) is 36.1 Å². The Morgan fingerprint density at radius 3 is 2.67 bits per heavy atom. The standard InChI is InChI=1S/C21H21ClN4O4/c1-14-12-19(24-30-14)23-20(27)13-25-8-10-26(11-9-25)21(28)18-7-6-17(29-18)15-4-2-3-5-16(15)22/h2-7,12H,8-11,13H2,1H3,(H,23,24,27)/p+1. The molecule has 2 aromatic heterocycles. The number of rotatable bonds is 5. The van der Waals surface area contributed by atoms with Gasteiger partial charge in [-0.05, 0) is 31.2 Å². The van der Waals surface area contributed by atoms with Crippen molar-refractivity contribution in [2.24, 2.45) is 0 Å². The number of amides is 2. The summed E-state index contributed by atoms with van der Waals surface area (Å²) in [6.45, 7) is 4.52. The van der Waals surface area contributed by atoms with Crippen molar-refractivity contribution in [2.45, 2.75) is 6.92 Å². The number of carbonyl (C=O) groups is 2. The minimum Gasteiger partial charge on any atom is -0.451 e. The van der Waals surface area contributed by atoms with Crippen LogP contribution in [0.25, 0.3) is 11.3 Å². The van der Waals surface area contributed by atoms with Crippen LogP contribution < -0.4 is 10.2 Å². The molecule has 156 valence electrons. The molecule has 0 aliphatic carbocycles. The Bertz CT molecular complexity index is 1050. The Morgan fingerprint density at radius 2 is 1.97 bits per heavy atom. The second kappa shape index (κ2) is 8.73. The van der Waals surface area contributed by atoms with Gasteiger partial charge >= 0.3 is 0 Å². The van der Waals surface area contributed by atoms with Gasteiger partial charge in [-0.15, -0.1) is 0 Å². The largest absolute Gasteiger partial charge is 0.451 e. The van der Waals surface area contributed by atoms with Gasteiger partial charge < -0.3 is 24.1 Å². The highest BCUT2D eigenvalue weighted by molar-refractivity contribution is 6.33. The number of nitrogens with zero attached hydrogens (tertiary/aromatic N) is 2. The zero-order chi connectivity index (χ0) is 21.1. The topological polar surface area (TPSA) is 93.0 Å². The highest BCUT2D eigenvalue weighted by atomic mass is 35.5.